The molecule has 0 radical (unpaired) electrons. The number of nitrogens with zero attached hydrogens (tertiary/aromatic N) is 3. The van der Waals surface area contributed by atoms with Crippen LogP contribution in [0.1, 0.15) is 17.4 Å². The third-order valence-electron chi connectivity index (χ3n) is 5.77. The van der Waals surface area contributed by atoms with Crippen molar-refractivity contribution in [3.63, 3.8) is 0 Å². The molecule has 0 saturated heterocycles. The van der Waals surface area contributed by atoms with Crippen molar-refractivity contribution in [2.75, 3.05) is 6.61 Å². The molecule has 0 spiro atoms. The molecule has 0 N–H and O–H groups in total. The van der Waals surface area contributed by atoms with E-state index >= 15 is 0 Å². The molecule has 2 aromatic heterocycles. The molecule has 7 heteroatoms. The molecule has 2 aromatic carbocycles. The van der Waals surface area contributed by atoms with Gasteiger partial charge in [0.1, 0.15) is 6.10 Å². The average Bonchev–Trinajstić information content (AvgIpc) is 3.13. The summed E-state index contributed by atoms with van der Waals surface area (Å²) in [6.45, 7) is 1.09. The molecule has 5 rings (SSSR count). The Morgan fingerprint density at radius 3 is 2.37 bits per heavy atom. The van der Waals surface area contributed by atoms with Gasteiger partial charge in [-0.2, -0.15) is 0 Å². The van der Waals surface area contributed by atoms with E-state index in [0.717, 1.165) is 22.5 Å². The molecule has 0 saturated carbocycles. The number of benzene rings is 2. The van der Waals surface area contributed by atoms with E-state index in [9.17, 15) is 9.59 Å². The van der Waals surface area contributed by atoms with E-state index in [4.69, 9.17) is 16.3 Å². The Hall–Kier alpha value is -3.09. The van der Waals surface area contributed by atoms with Gasteiger partial charge in [0.25, 0.3) is 5.56 Å². The van der Waals surface area contributed by atoms with Gasteiger partial charge in [0.2, 0.25) is 0 Å². The summed E-state index contributed by atoms with van der Waals surface area (Å²) >= 11 is 6.08. The normalized spacial score (nSPS) is 16.0. The molecule has 152 valence electrons. The maximum Gasteiger partial charge on any atom is 0.331 e. The number of halogens is 1. The van der Waals surface area contributed by atoms with E-state index in [1.54, 1.807) is 11.6 Å². The van der Waals surface area contributed by atoms with Gasteiger partial charge in [0.15, 0.2) is 0 Å². The summed E-state index contributed by atoms with van der Waals surface area (Å²) in [4.78, 5) is 26.1. The number of hydrogen-bond acceptors (Lipinski definition) is 3. The van der Waals surface area contributed by atoms with Crippen LogP contribution in [0.15, 0.2) is 64.2 Å². The molecule has 1 aliphatic heterocycles. The third-order valence-corrected chi connectivity index (χ3v) is 6.02. The van der Waals surface area contributed by atoms with E-state index in [0.29, 0.717) is 29.1 Å². The molecule has 1 atom stereocenters. The molecule has 0 fully saturated rings. The Bertz CT molecular complexity index is 1380. The van der Waals surface area contributed by atoms with E-state index in [1.165, 1.54) is 11.6 Å². The molecular weight excluding hydrogens is 402 g/mol. The average molecular weight is 422 g/mol. The Kier molecular flexibility index (Phi) is 4.41. The fraction of sp³-hybridized carbons (Fsp3) is 0.217. The van der Waals surface area contributed by atoms with Gasteiger partial charge in [0.05, 0.1) is 28.9 Å². The predicted octanol–water partition coefficient (Wildman–Crippen LogP) is 3.48. The van der Waals surface area contributed by atoms with E-state index in [-0.39, 0.29) is 11.2 Å². The van der Waals surface area contributed by atoms with Crippen LogP contribution in [0, 0.1) is 0 Å². The summed E-state index contributed by atoms with van der Waals surface area (Å²) in [7, 11) is 3.22. The summed E-state index contributed by atoms with van der Waals surface area (Å²) in [6.07, 6.45) is -0.409. The number of hydrogen-bond donors (Lipinski definition) is 0. The highest BCUT2D eigenvalue weighted by Crippen LogP contribution is 2.40. The van der Waals surface area contributed by atoms with Crippen molar-refractivity contribution in [3.8, 4) is 11.3 Å². The molecule has 0 bridgehead atoms. The summed E-state index contributed by atoms with van der Waals surface area (Å²) < 4.78 is 11.0. The lowest BCUT2D eigenvalue weighted by atomic mass is 10.0. The van der Waals surface area contributed by atoms with Crippen LogP contribution in [-0.2, 0) is 25.4 Å². The zero-order chi connectivity index (χ0) is 21.0. The minimum Gasteiger partial charge on any atom is -0.365 e. The molecule has 0 unspecified atom stereocenters. The standard InChI is InChI=1S/C23H20ClN3O3/c1-25-19-17(22(28)26(2)23(25)29)18(14-6-4-3-5-7-14)27-12-13-30-21(20(19)27)15-8-10-16(24)11-9-15/h3-11,21H,12-13H2,1-2H3/t21-/m1/s1. The quantitative estimate of drug-likeness (QED) is 0.498. The molecule has 4 aromatic rings. The van der Waals surface area contributed by atoms with Gasteiger partial charge in [-0.3, -0.25) is 13.9 Å². The van der Waals surface area contributed by atoms with Crippen molar-refractivity contribution in [1.82, 2.24) is 13.7 Å². The Morgan fingerprint density at radius 2 is 1.67 bits per heavy atom. The summed E-state index contributed by atoms with van der Waals surface area (Å²) in [5.41, 5.74) is 3.44. The van der Waals surface area contributed by atoms with Crippen molar-refractivity contribution in [2.24, 2.45) is 14.1 Å². The Labute approximate surface area is 177 Å². The van der Waals surface area contributed by atoms with Crippen molar-refractivity contribution < 1.29 is 4.74 Å². The topological polar surface area (TPSA) is 58.2 Å². The van der Waals surface area contributed by atoms with Crippen molar-refractivity contribution in [2.45, 2.75) is 12.6 Å². The van der Waals surface area contributed by atoms with E-state index < -0.39 is 6.10 Å². The van der Waals surface area contributed by atoms with Gasteiger partial charge < -0.3 is 9.30 Å². The molecular formula is C23H20ClN3O3. The summed E-state index contributed by atoms with van der Waals surface area (Å²) in [6, 6.07) is 17.3. The molecule has 0 amide bonds. The van der Waals surface area contributed by atoms with Crippen molar-refractivity contribution >= 4 is 22.5 Å². The highest BCUT2D eigenvalue weighted by molar-refractivity contribution is 6.30. The largest absolute Gasteiger partial charge is 0.365 e. The predicted molar refractivity (Wildman–Crippen MR) is 117 cm³/mol. The maximum absolute atomic E-state index is 13.3. The molecule has 0 aliphatic carbocycles. The van der Waals surface area contributed by atoms with Crippen LogP contribution in [0.5, 0.6) is 0 Å². The number of rotatable bonds is 2. The van der Waals surface area contributed by atoms with E-state index in [2.05, 4.69) is 4.57 Å². The van der Waals surface area contributed by atoms with Gasteiger partial charge in [-0.05, 0) is 23.3 Å². The maximum atomic E-state index is 13.3. The first-order chi connectivity index (χ1) is 14.5. The number of aryl methyl sites for hydroxylation is 1. The highest BCUT2D eigenvalue weighted by Gasteiger charge is 2.32. The molecule has 1 aliphatic rings. The van der Waals surface area contributed by atoms with Gasteiger partial charge in [0, 0.05) is 25.7 Å². The lowest BCUT2D eigenvalue weighted by Gasteiger charge is -2.27. The fourth-order valence-corrected chi connectivity index (χ4v) is 4.49. The lowest BCUT2D eigenvalue weighted by molar-refractivity contribution is 0.0478. The molecule has 3 heterocycles. The van der Waals surface area contributed by atoms with Crippen LogP contribution < -0.4 is 11.2 Å². The molecule has 30 heavy (non-hydrogen) atoms. The number of ether oxygens (including phenoxy) is 1. The second kappa shape index (κ2) is 7.00. The number of fused-ring (bicyclic) bond motifs is 3. The minimum absolute atomic E-state index is 0.302. The molecule has 6 nitrogen and oxygen atoms in total. The Balaban J connectivity index is 1.94. The first kappa shape index (κ1) is 18.9. The van der Waals surface area contributed by atoms with Crippen LogP contribution >= 0.6 is 11.6 Å². The Morgan fingerprint density at radius 1 is 0.967 bits per heavy atom. The van der Waals surface area contributed by atoms with E-state index in [1.807, 2.05) is 54.6 Å². The lowest BCUT2D eigenvalue weighted by Crippen LogP contribution is -2.37. The highest BCUT2D eigenvalue weighted by atomic mass is 35.5. The monoisotopic (exact) mass is 421 g/mol. The number of aromatic nitrogens is 3. The van der Waals surface area contributed by atoms with Crippen LogP contribution in [0.4, 0.5) is 0 Å². The van der Waals surface area contributed by atoms with Crippen LogP contribution in [0.25, 0.3) is 22.2 Å². The second-order valence-corrected chi connectivity index (χ2v) is 7.92. The van der Waals surface area contributed by atoms with Gasteiger partial charge in [-0.15, -0.1) is 0 Å². The van der Waals surface area contributed by atoms with Crippen molar-refractivity contribution in [1.29, 1.82) is 0 Å². The zero-order valence-corrected chi connectivity index (χ0v) is 17.4. The van der Waals surface area contributed by atoms with Crippen molar-refractivity contribution in [3.05, 3.63) is 91.7 Å². The van der Waals surface area contributed by atoms with Crippen LogP contribution in [0.2, 0.25) is 5.02 Å². The second-order valence-electron chi connectivity index (χ2n) is 7.48. The van der Waals surface area contributed by atoms with Gasteiger partial charge in [-0.25, -0.2) is 4.79 Å². The summed E-state index contributed by atoms with van der Waals surface area (Å²) in [5, 5.41) is 1.17. The van der Waals surface area contributed by atoms with Crippen LogP contribution in [-0.4, -0.2) is 20.3 Å². The fourth-order valence-electron chi connectivity index (χ4n) is 4.37. The van der Waals surface area contributed by atoms with Crippen LogP contribution in [0.3, 0.4) is 0 Å². The van der Waals surface area contributed by atoms with Gasteiger partial charge in [-0.1, -0.05) is 54.1 Å². The minimum atomic E-state index is -0.409. The SMILES string of the molecule is Cn1c(=O)c2c(-c3ccccc3)n3c(c2n(C)c1=O)[C@@H](c1ccc(Cl)cc1)OCC3. The summed E-state index contributed by atoms with van der Waals surface area (Å²) in [5.74, 6) is 0. The third kappa shape index (κ3) is 2.68. The smallest absolute Gasteiger partial charge is 0.331 e. The zero-order valence-electron chi connectivity index (χ0n) is 16.6. The first-order valence-electron chi connectivity index (χ1n) is 9.73. The first-order valence-corrected chi connectivity index (χ1v) is 10.1. The van der Waals surface area contributed by atoms with Gasteiger partial charge >= 0.3 is 5.69 Å².